The van der Waals surface area contributed by atoms with Crippen LogP contribution in [0.5, 0.6) is 0 Å². The first-order valence-corrected chi connectivity index (χ1v) is 11.0. The van der Waals surface area contributed by atoms with Crippen LogP contribution in [0.1, 0.15) is 47.0 Å². The van der Waals surface area contributed by atoms with Gasteiger partial charge in [-0.3, -0.25) is 0 Å². The van der Waals surface area contributed by atoms with Crippen LogP contribution >= 0.6 is 23.1 Å². The van der Waals surface area contributed by atoms with Crippen molar-refractivity contribution in [2.75, 3.05) is 0 Å². The molecule has 4 aromatic rings. The predicted octanol–water partition coefficient (Wildman–Crippen LogP) is 4.82. The van der Waals surface area contributed by atoms with Gasteiger partial charge < -0.3 is 13.4 Å². The molecule has 0 N–H and O–H groups in total. The van der Waals surface area contributed by atoms with Gasteiger partial charge in [0.2, 0.25) is 5.89 Å². The Bertz CT molecular complexity index is 1090. The molecule has 0 amide bonds. The summed E-state index contributed by atoms with van der Waals surface area (Å²) in [6, 6.07) is 6.65. The standard InChI is InChI=1S/C19H19N5O2S2/c1-11-8-15(12(2)25-11)18-22-21-17(26-18)10-28-19-23-20-16(24(19)13-5-6-13)9-14-4-3-7-27-14/h3-4,7-8,13H,5-6,9-10H2,1-2H3. The van der Waals surface area contributed by atoms with Gasteiger partial charge in [-0.05, 0) is 44.2 Å². The summed E-state index contributed by atoms with van der Waals surface area (Å²) < 4.78 is 13.7. The fourth-order valence-electron chi connectivity index (χ4n) is 3.19. The molecule has 1 saturated carbocycles. The normalized spacial score (nSPS) is 14.1. The molecule has 1 aliphatic rings. The lowest BCUT2D eigenvalue weighted by Crippen LogP contribution is -2.03. The predicted molar refractivity (Wildman–Crippen MR) is 106 cm³/mol. The lowest BCUT2D eigenvalue weighted by molar-refractivity contribution is 0.499. The fraction of sp³-hybridized carbons (Fsp3) is 0.368. The summed E-state index contributed by atoms with van der Waals surface area (Å²) in [6.07, 6.45) is 3.20. The largest absolute Gasteiger partial charge is 0.466 e. The number of hydrogen-bond acceptors (Lipinski definition) is 8. The van der Waals surface area contributed by atoms with Crippen molar-refractivity contribution >= 4 is 23.1 Å². The molecule has 4 aromatic heterocycles. The number of thioether (sulfide) groups is 1. The second-order valence-electron chi connectivity index (χ2n) is 6.87. The summed E-state index contributed by atoms with van der Waals surface area (Å²) in [5.41, 5.74) is 0.848. The van der Waals surface area contributed by atoms with Crippen LogP contribution in [0.4, 0.5) is 0 Å². The van der Waals surface area contributed by atoms with Crippen molar-refractivity contribution in [1.82, 2.24) is 25.0 Å². The highest BCUT2D eigenvalue weighted by Gasteiger charge is 2.30. The number of hydrogen-bond donors (Lipinski definition) is 0. The van der Waals surface area contributed by atoms with E-state index in [0.717, 1.165) is 34.5 Å². The highest BCUT2D eigenvalue weighted by atomic mass is 32.2. The molecule has 1 fully saturated rings. The third-order valence-corrected chi connectivity index (χ3v) is 6.43. The van der Waals surface area contributed by atoms with Crippen LogP contribution in [-0.2, 0) is 12.2 Å². The summed E-state index contributed by atoms with van der Waals surface area (Å²) in [6.45, 7) is 3.80. The van der Waals surface area contributed by atoms with E-state index in [1.165, 1.54) is 17.7 Å². The van der Waals surface area contributed by atoms with Gasteiger partial charge in [-0.25, -0.2) is 0 Å². The maximum atomic E-state index is 5.83. The number of thiophene rings is 1. The van der Waals surface area contributed by atoms with Crippen LogP contribution in [0, 0.1) is 13.8 Å². The third kappa shape index (κ3) is 3.51. The first-order valence-electron chi connectivity index (χ1n) is 9.16. The van der Waals surface area contributed by atoms with Gasteiger partial charge >= 0.3 is 0 Å². The summed E-state index contributed by atoms with van der Waals surface area (Å²) in [7, 11) is 0. The van der Waals surface area contributed by atoms with Crippen LogP contribution in [0.25, 0.3) is 11.5 Å². The van der Waals surface area contributed by atoms with E-state index in [1.54, 1.807) is 23.1 Å². The second-order valence-corrected chi connectivity index (χ2v) is 8.85. The molecule has 9 heteroatoms. The average Bonchev–Trinajstić information content (AvgIpc) is 3.08. The molecule has 144 valence electrons. The Labute approximate surface area is 170 Å². The van der Waals surface area contributed by atoms with Crippen molar-refractivity contribution in [2.45, 2.75) is 50.1 Å². The van der Waals surface area contributed by atoms with E-state index in [2.05, 4.69) is 42.5 Å². The Morgan fingerprint density at radius 1 is 1.18 bits per heavy atom. The van der Waals surface area contributed by atoms with Gasteiger partial charge in [-0.15, -0.1) is 31.7 Å². The van der Waals surface area contributed by atoms with Gasteiger partial charge in [0, 0.05) is 17.3 Å². The lowest BCUT2D eigenvalue weighted by Gasteiger charge is -2.07. The zero-order valence-corrected chi connectivity index (χ0v) is 17.2. The number of aromatic nitrogens is 5. The molecule has 4 heterocycles. The Balaban J connectivity index is 1.32. The maximum Gasteiger partial charge on any atom is 0.251 e. The molecule has 0 unspecified atom stereocenters. The SMILES string of the molecule is Cc1cc(-c2nnc(CSc3nnc(Cc4cccs4)n3C3CC3)o2)c(C)o1. The number of rotatable bonds is 7. The van der Waals surface area contributed by atoms with Crippen LogP contribution in [0.2, 0.25) is 0 Å². The number of aryl methyl sites for hydroxylation is 2. The Hall–Kier alpha value is -2.39. The van der Waals surface area contributed by atoms with Gasteiger partial charge in [0.25, 0.3) is 5.89 Å². The average molecular weight is 414 g/mol. The van der Waals surface area contributed by atoms with Gasteiger partial charge in [0.1, 0.15) is 17.3 Å². The highest BCUT2D eigenvalue weighted by Crippen LogP contribution is 2.40. The summed E-state index contributed by atoms with van der Waals surface area (Å²) in [5, 5.41) is 20.2. The maximum absolute atomic E-state index is 5.83. The van der Waals surface area contributed by atoms with Crippen molar-refractivity contribution < 1.29 is 8.83 Å². The van der Waals surface area contributed by atoms with E-state index in [9.17, 15) is 0 Å². The molecule has 0 aromatic carbocycles. The van der Waals surface area contributed by atoms with Crippen molar-refractivity contribution in [3.8, 4) is 11.5 Å². The third-order valence-electron chi connectivity index (χ3n) is 4.62. The minimum Gasteiger partial charge on any atom is -0.466 e. The van der Waals surface area contributed by atoms with E-state index < -0.39 is 0 Å². The molecule has 0 spiro atoms. The van der Waals surface area contributed by atoms with Crippen molar-refractivity contribution in [3.63, 3.8) is 0 Å². The van der Waals surface area contributed by atoms with Crippen LogP contribution in [0.15, 0.2) is 37.6 Å². The molecular formula is C19H19N5O2S2. The van der Waals surface area contributed by atoms with Crippen molar-refractivity contribution in [1.29, 1.82) is 0 Å². The van der Waals surface area contributed by atoms with E-state index in [0.29, 0.717) is 23.6 Å². The zero-order valence-electron chi connectivity index (χ0n) is 15.6. The molecule has 0 bridgehead atoms. The zero-order chi connectivity index (χ0) is 19.1. The second kappa shape index (κ2) is 7.21. The fourth-order valence-corrected chi connectivity index (χ4v) is 4.75. The van der Waals surface area contributed by atoms with Gasteiger partial charge in [0.05, 0.1) is 11.3 Å². The summed E-state index contributed by atoms with van der Waals surface area (Å²) >= 11 is 3.35. The quantitative estimate of drug-likeness (QED) is 0.402. The molecule has 7 nitrogen and oxygen atoms in total. The highest BCUT2D eigenvalue weighted by molar-refractivity contribution is 7.98. The molecule has 1 aliphatic carbocycles. The van der Waals surface area contributed by atoms with Crippen LogP contribution in [0.3, 0.4) is 0 Å². The minimum atomic E-state index is 0.493. The number of furan rings is 1. The molecular weight excluding hydrogens is 394 g/mol. The first kappa shape index (κ1) is 17.7. The van der Waals surface area contributed by atoms with Crippen LogP contribution in [-0.4, -0.2) is 25.0 Å². The Kier molecular flexibility index (Phi) is 4.56. The molecule has 5 rings (SSSR count). The smallest absolute Gasteiger partial charge is 0.251 e. The topological polar surface area (TPSA) is 82.8 Å². The first-order chi connectivity index (χ1) is 13.7. The van der Waals surface area contributed by atoms with E-state index in [4.69, 9.17) is 8.83 Å². The number of nitrogens with zero attached hydrogens (tertiary/aromatic N) is 5. The summed E-state index contributed by atoms with van der Waals surface area (Å²) in [5.74, 6) is 4.27. The lowest BCUT2D eigenvalue weighted by atomic mass is 10.2. The van der Waals surface area contributed by atoms with Crippen molar-refractivity contribution in [2.24, 2.45) is 0 Å². The van der Waals surface area contributed by atoms with Gasteiger partial charge in [0.15, 0.2) is 5.16 Å². The Morgan fingerprint density at radius 2 is 2.07 bits per heavy atom. The molecule has 0 saturated heterocycles. The molecule has 28 heavy (non-hydrogen) atoms. The van der Waals surface area contributed by atoms with Gasteiger partial charge in [-0.2, -0.15) is 0 Å². The molecule has 0 aliphatic heterocycles. The van der Waals surface area contributed by atoms with Gasteiger partial charge in [-0.1, -0.05) is 17.8 Å². The van der Waals surface area contributed by atoms with E-state index in [1.807, 2.05) is 19.9 Å². The summed E-state index contributed by atoms with van der Waals surface area (Å²) in [4.78, 5) is 1.30. The van der Waals surface area contributed by atoms with Crippen molar-refractivity contribution in [3.05, 3.63) is 51.7 Å². The Morgan fingerprint density at radius 3 is 2.79 bits per heavy atom. The molecule has 0 atom stereocenters. The van der Waals surface area contributed by atoms with E-state index >= 15 is 0 Å². The molecule has 0 radical (unpaired) electrons. The minimum absolute atomic E-state index is 0.493. The monoisotopic (exact) mass is 413 g/mol. The van der Waals surface area contributed by atoms with E-state index in [-0.39, 0.29) is 0 Å². The van der Waals surface area contributed by atoms with Crippen LogP contribution < -0.4 is 0 Å².